The number of thioether (sulfide) groups is 1. The predicted octanol–water partition coefficient (Wildman–Crippen LogP) is 4.30. The number of carbonyl (C=O) groups excluding carboxylic acids is 1. The lowest BCUT2D eigenvalue weighted by Gasteiger charge is -2.08. The van der Waals surface area contributed by atoms with Crippen LogP contribution in [0.3, 0.4) is 0 Å². The zero-order chi connectivity index (χ0) is 19.5. The van der Waals surface area contributed by atoms with Crippen LogP contribution in [0.1, 0.15) is 11.1 Å². The Hall–Kier alpha value is -2.57. The van der Waals surface area contributed by atoms with Gasteiger partial charge in [-0.25, -0.2) is 0 Å². The van der Waals surface area contributed by atoms with E-state index >= 15 is 0 Å². The number of fused-ring (bicyclic) bond motifs is 3. The number of aryl methyl sites for hydroxylation is 1. The Bertz CT molecular complexity index is 1140. The molecule has 0 aliphatic heterocycles. The Morgan fingerprint density at radius 1 is 1.14 bits per heavy atom. The lowest BCUT2D eigenvalue weighted by atomic mass is 10.1. The molecule has 0 spiro atoms. The molecule has 5 nitrogen and oxygen atoms in total. The van der Waals surface area contributed by atoms with Crippen molar-refractivity contribution in [3.8, 4) is 0 Å². The van der Waals surface area contributed by atoms with Gasteiger partial charge in [0.15, 0.2) is 10.8 Å². The topological polar surface area (TPSA) is 59.3 Å². The summed E-state index contributed by atoms with van der Waals surface area (Å²) in [6, 6.07) is 17.8. The first-order chi connectivity index (χ1) is 13.6. The molecule has 4 rings (SSSR count). The van der Waals surface area contributed by atoms with Crippen LogP contribution in [0.4, 0.5) is 0 Å². The molecular weight excluding hydrogens is 392 g/mol. The molecule has 7 heteroatoms. The molecule has 1 amide bonds. The Balaban J connectivity index is 1.45. The maximum atomic E-state index is 12.2. The average Bonchev–Trinajstić information content (AvgIpc) is 3.10. The minimum Gasteiger partial charge on any atom is -0.355 e. The first kappa shape index (κ1) is 18.8. The second-order valence-corrected chi connectivity index (χ2v) is 7.92. The number of hydrogen-bond donors (Lipinski definition) is 1. The normalized spacial score (nSPS) is 11.2. The minimum absolute atomic E-state index is 0.0165. The largest absolute Gasteiger partial charge is 0.355 e. The van der Waals surface area contributed by atoms with E-state index in [4.69, 9.17) is 11.6 Å². The molecule has 0 saturated heterocycles. The molecule has 0 saturated carbocycles. The summed E-state index contributed by atoms with van der Waals surface area (Å²) in [5.41, 5.74) is 4.04. The van der Waals surface area contributed by atoms with Gasteiger partial charge < -0.3 is 5.32 Å². The minimum atomic E-state index is -0.0165. The van der Waals surface area contributed by atoms with Crippen LogP contribution in [0.25, 0.3) is 16.6 Å². The lowest BCUT2D eigenvalue weighted by Crippen LogP contribution is -2.27. The number of nitrogens with zero attached hydrogens (tertiary/aromatic N) is 3. The van der Waals surface area contributed by atoms with E-state index in [2.05, 4.69) is 27.6 Å². The average molecular weight is 411 g/mol. The van der Waals surface area contributed by atoms with Crippen LogP contribution in [0, 0.1) is 6.92 Å². The summed E-state index contributed by atoms with van der Waals surface area (Å²) in [5, 5.41) is 13.9. The number of pyridine rings is 1. The van der Waals surface area contributed by atoms with E-state index in [1.165, 1.54) is 17.3 Å². The molecule has 1 N–H and O–H groups in total. The van der Waals surface area contributed by atoms with Crippen molar-refractivity contribution in [1.29, 1.82) is 0 Å². The zero-order valence-corrected chi connectivity index (χ0v) is 16.9. The molecule has 0 aliphatic carbocycles. The van der Waals surface area contributed by atoms with Crippen LogP contribution in [0.15, 0.2) is 59.8 Å². The Morgan fingerprint density at radius 2 is 1.96 bits per heavy atom. The first-order valence-electron chi connectivity index (χ1n) is 8.99. The third-order valence-corrected chi connectivity index (χ3v) is 5.70. The lowest BCUT2D eigenvalue weighted by molar-refractivity contribution is -0.118. The number of carbonyl (C=O) groups is 1. The monoisotopic (exact) mass is 410 g/mol. The third-order valence-electron chi connectivity index (χ3n) is 4.54. The van der Waals surface area contributed by atoms with E-state index in [0.29, 0.717) is 22.5 Å². The fraction of sp³-hybridized carbons (Fsp3) is 0.190. The highest BCUT2D eigenvalue weighted by molar-refractivity contribution is 7.99. The first-order valence-corrected chi connectivity index (χ1v) is 10.4. The highest BCUT2D eigenvalue weighted by atomic mass is 35.5. The van der Waals surface area contributed by atoms with Crippen LogP contribution in [0.2, 0.25) is 5.02 Å². The molecule has 2 aromatic carbocycles. The highest BCUT2D eigenvalue weighted by Gasteiger charge is 2.13. The standard InChI is InChI=1S/C21H19ClN4OS/c1-14-11-19-24-25-21(26(19)18-8-7-16(22)12-17(14)18)28-13-20(27)23-10-9-15-5-3-2-4-6-15/h2-8,11-12H,9-10,13H2,1H3,(H,23,27). The Kier molecular flexibility index (Phi) is 5.50. The van der Waals surface area contributed by atoms with E-state index in [0.717, 1.165) is 28.5 Å². The molecule has 2 aromatic heterocycles. The van der Waals surface area contributed by atoms with Crippen molar-refractivity contribution in [1.82, 2.24) is 19.9 Å². The predicted molar refractivity (Wildman–Crippen MR) is 114 cm³/mol. The molecule has 0 fully saturated rings. The summed E-state index contributed by atoms with van der Waals surface area (Å²) in [6.45, 7) is 2.64. The van der Waals surface area contributed by atoms with E-state index in [1.807, 2.05) is 53.8 Å². The van der Waals surface area contributed by atoms with E-state index in [1.54, 1.807) is 0 Å². The molecule has 0 bridgehead atoms. The quantitative estimate of drug-likeness (QED) is 0.481. The van der Waals surface area contributed by atoms with E-state index in [-0.39, 0.29) is 5.91 Å². The van der Waals surface area contributed by atoms with Crippen molar-refractivity contribution in [2.45, 2.75) is 18.5 Å². The maximum Gasteiger partial charge on any atom is 0.230 e. The van der Waals surface area contributed by atoms with Crippen molar-refractivity contribution in [2.75, 3.05) is 12.3 Å². The van der Waals surface area contributed by atoms with Crippen molar-refractivity contribution >= 4 is 45.8 Å². The Morgan fingerprint density at radius 3 is 2.79 bits per heavy atom. The van der Waals surface area contributed by atoms with Gasteiger partial charge in [-0.1, -0.05) is 53.7 Å². The number of halogens is 1. The van der Waals surface area contributed by atoms with E-state index < -0.39 is 0 Å². The van der Waals surface area contributed by atoms with Crippen molar-refractivity contribution in [3.63, 3.8) is 0 Å². The van der Waals surface area contributed by atoms with Crippen LogP contribution < -0.4 is 5.32 Å². The molecule has 0 aliphatic rings. The van der Waals surface area contributed by atoms with Gasteiger partial charge >= 0.3 is 0 Å². The molecule has 28 heavy (non-hydrogen) atoms. The third kappa shape index (κ3) is 3.98. The molecule has 0 radical (unpaired) electrons. The summed E-state index contributed by atoms with van der Waals surface area (Å²) in [7, 11) is 0. The number of hydrogen-bond acceptors (Lipinski definition) is 4. The molecule has 0 unspecified atom stereocenters. The fourth-order valence-corrected chi connectivity index (χ4v) is 4.11. The van der Waals surface area contributed by atoms with Gasteiger partial charge in [0.2, 0.25) is 5.91 Å². The second kappa shape index (κ2) is 8.20. The van der Waals surface area contributed by atoms with Crippen LogP contribution in [-0.4, -0.2) is 32.8 Å². The summed E-state index contributed by atoms with van der Waals surface area (Å²) >= 11 is 7.53. The fourth-order valence-electron chi connectivity index (χ4n) is 3.16. The molecule has 142 valence electrons. The number of nitrogens with one attached hydrogen (secondary N) is 1. The van der Waals surface area contributed by atoms with Crippen molar-refractivity contribution in [3.05, 3.63) is 70.7 Å². The van der Waals surface area contributed by atoms with Crippen molar-refractivity contribution < 1.29 is 4.79 Å². The number of amides is 1. The number of aromatic nitrogens is 3. The Labute approximate surface area is 172 Å². The van der Waals surface area contributed by atoms with Crippen LogP contribution in [-0.2, 0) is 11.2 Å². The van der Waals surface area contributed by atoms with Gasteiger partial charge in [-0.2, -0.15) is 0 Å². The zero-order valence-electron chi connectivity index (χ0n) is 15.4. The van der Waals surface area contributed by atoms with Gasteiger partial charge in [-0.3, -0.25) is 9.20 Å². The van der Waals surface area contributed by atoms with Gasteiger partial charge in [0.05, 0.1) is 11.3 Å². The van der Waals surface area contributed by atoms with E-state index in [9.17, 15) is 4.79 Å². The van der Waals surface area contributed by atoms with Gasteiger partial charge in [0.25, 0.3) is 0 Å². The summed E-state index contributed by atoms with van der Waals surface area (Å²) in [4.78, 5) is 12.2. The van der Waals surface area contributed by atoms with Gasteiger partial charge in [0.1, 0.15) is 0 Å². The summed E-state index contributed by atoms with van der Waals surface area (Å²) < 4.78 is 1.97. The summed E-state index contributed by atoms with van der Waals surface area (Å²) in [6.07, 6.45) is 0.815. The van der Waals surface area contributed by atoms with Crippen LogP contribution in [0.5, 0.6) is 0 Å². The van der Waals surface area contributed by atoms with Crippen LogP contribution >= 0.6 is 23.4 Å². The van der Waals surface area contributed by atoms with Gasteiger partial charge in [0, 0.05) is 17.0 Å². The number of benzene rings is 2. The van der Waals surface area contributed by atoms with Gasteiger partial charge in [-0.05, 0) is 48.7 Å². The molecule has 0 atom stereocenters. The molecule has 2 heterocycles. The highest BCUT2D eigenvalue weighted by Crippen LogP contribution is 2.27. The summed E-state index contributed by atoms with van der Waals surface area (Å²) in [5.74, 6) is 0.274. The van der Waals surface area contributed by atoms with Gasteiger partial charge in [-0.15, -0.1) is 10.2 Å². The molecule has 4 aromatic rings. The maximum absolute atomic E-state index is 12.2. The molecular formula is C21H19ClN4OS. The van der Waals surface area contributed by atoms with Crippen molar-refractivity contribution in [2.24, 2.45) is 0 Å². The smallest absolute Gasteiger partial charge is 0.230 e. The SMILES string of the molecule is Cc1cc2nnc(SCC(=O)NCCc3ccccc3)n2c2ccc(Cl)cc12. The number of rotatable bonds is 6. The second-order valence-electron chi connectivity index (χ2n) is 6.54.